The van der Waals surface area contributed by atoms with E-state index in [1.165, 1.54) is 66.5 Å². The van der Waals surface area contributed by atoms with Crippen molar-refractivity contribution in [3.8, 4) is 16.9 Å². The molecule has 1 heteroatoms. The smallest absolute Gasteiger partial charge is 0.128 e. The minimum Gasteiger partial charge on any atom is -0.485 e. The molecule has 5 aliphatic carbocycles. The zero-order valence-electron chi connectivity index (χ0n) is 22.3. The molecule has 0 saturated carbocycles. The van der Waals surface area contributed by atoms with Gasteiger partial charge in [0.15, 0.2) is 0 Å². The van der Waals surface area contributed by atoms with E-state index in [9.17, 15) is 0 Å². The molecule has 40 heavy (non-hydrogen) atoms. The first kappa shape index (κ1) is 22.2. The van der Waals surface area contributed by atoms with Crippen LogP contribution < -0.4 is 4.74 Å². The van der Waals surface area contributed by atoms with Crippen molar-refractivity contribution < 1.29 is 4.74 Å². The lowest BCUT2D eigenvalue weighted by atomic mass is 9.61. The fraction of sp³-hybridized carbons (Fsp3) is 0.128. The van der Waals surface area contributed by atoms with Gasteiger partial charge in [-0.3, -0.25) is 0 Å². The van der Waals surface area contributed by atoms with Gasteiger partial charge in [-0.15, -0.1) is 0 Å². The molecular formula is C39H28O. The topological polar surface area (TPSA) is 9.23 Å². The summed E-state index contributed by atoms with van der Waals surface area (Å²) in [6.07, 6.45) is 25.7. The monoisotopic (exact) mass is 512 g/mol. The lowest BCUT2D eigenvalue weighted by Crippen LogP contribution is -2.30. The molecule has 0 saturated heterocycles. The van der Waals surface area contributed by atoms with E-state index in [1.54, 1.807) is 0 Å². The van der Waals surface area contributed by atoms with Gasteiger partial charge in [0.2, 0.25) is 0 Å². The van der Waals surface area contributed by atoms with E-state index in [-0.39, 0.29) is 12.0 Å². The number of fused-ring (bicyclic) bond motifs is 4. The predicted octanol–water partition coefficient (Wildman–Crippen LogP) is 9.27. The van der Waals surface area contributed by atoms with Gasteiger partial charge in [-0.05, 0) is 86.0 Å². The molecule has 0 bridgehead atoms. The zero-order chi connectivity index (χ0) is 26.4. The number of hydrogen-bond donors (Lipinski definition) is 0. The van der Waals surface area contributed by atoms with Crippen LogP contribution in [0.4, 0.5) is 0 Å². The van der Waals surface area contributed by atoms with Crippen molar-refractivity contribution in [1.29, 1.82) is 0 Å². The Kier molecular flexibility index (Phi) is 4.55. The Bertz CT molecular complexity index is 1940. The molecule has 4 unspecified atom stereocenters. The van der Waals surface area contributed by atoms with Crippen molar-refractivity contribution in [2.45, 2.75) is 18.9 Å². The lowest BCUT2D eigenvalue weighted by Gasteiger charge is -2.42. The number of allylic oxidation sites excluding steroid dienone is 16. The van der Waals surface area contributed by atoms with Crippen LogP contribution in [0.5, 0.6) is 5.75 Å². The second-order valence-corrected chi connectivity index (χ2v) is 11.7. The Balaban J connectivity index is 1.13. The van der Waals surface area contributed by atoms with Crippen LogP contribution in [0.1, 0.15) is 18.4 Å². The summed E-state index contributed by atoms with van der Waals surface area (Å²) < 4.78 is 6.44. The summed E-state index contributed by atoms with van der Waals surface area (Å²) in [6.45, 7) is 2.25. The van der Waals surface area contributed by atoms with E-state index >= 15 is 0 Å². The first-order chi connectivity index (χ1) is 19.7. The van der Waals surface area contributed by atoms with Crippen LogP contribution in [0.3, 0.4) is 0 Å². The third kappa shape index (κ3) is 3.09. The molecule has 1 aliphatic heterocycles. The van der Waals surface area contributed by atoms with Crippen LogP contribution in [0.2, 0.25) is 0 Å². The molecule has 1 heterocycles. The molecule has 0 fully saturated rings. The Morgan fingerprint density at radius 3 is 2.55 bits per heavy atom. The highest BCUT2D eigenvalue weighted by Crippen LogP contribution is 2.53. The van der Waals surface area contributed by atoms with Crippen LogP contribution in [0, 0.1) is 11.8 Å². The molecule has 0 amide bonds. The largest absolute Gasteiger partial charge is 0.485 e. The summed E-state index contributed by atoms with van der Waals surface area (Å²) in [7, 11) is 0. The normalized spacial score (nSPS) is 26.7. The van der Waals surface area contributed by atoms with Gasteiger partial charge in [0, 0.05) is 23.3 Å². The first-order valence-electron chi connectivity index (χ1n) is 14.3. The number of hydrogen-bond acceptors (Lipinski definition) is 1. The molecule has 3 aromatic rings. The van der Waals surface area contributed by atoms with E-state index in [0.717, 1.165) is 5.75 Å². The Morgan fingerprint density at radius 1 is 0.725 bits per heavy atom. The van der Waals surface area contributed by atoms with Crippen LogP contribution >= 0.6 is 0 Å². The maximum absolute atomic E-state index is 6.44. The molecular weight excluding hydrogens is 484 g/mol. The molecule has 9 rings (SSSR count). The maximum atomic E-state index is 6.44. The third-order valence-electron chi connectivity index (χ3n) is 9.59. The van der Waals surface area contributed by atoms with Crippen LogP contribution in [0.15, 0.2) is 167 Å². The quantitative estimate of drug-likeness (QED) is 0.332. The van der Waals surface area contributed by atoms with E-state index in [0.29, 0.717) is 11.8 Å². The molecule has 0 spiro atoms. The summed E-state index contributed by atoms with van der Waals surface area (Å²) in [4.78, 5) is 0. The first-order valence-corrected chi connectivity index (χ1v) is 14.3. The van der Waals surface area contributed by atoms with Crippen molar-refractivity contribution in [1.82, 2.24) is 0 Å². The molecule has 4 atom stereocenters. The molecule has 0 N–H and O–H groups in total. The van der Waals surface area contributed by atoms with Crippen molar-refractivity contribution in [3.05, 3.63) is 172 Å². The lowest BCUT2D eigenvalue weighted by molar-refractivity contribution is 0.268. The van der Waals surface area contributed by atoms with Gasteiger partial charge >= 0.3 is 0 Å². The molecule has 1 nitrogen and oxygen atoms in total. The highest BCUT2D eigenvalue weighted by molar-refractivity contribution is 5.96. The zero-order valence-corrected chi connectivity index (χ0v) is 22.3. The molecule has 0 radical (unpaired) electrons. The Hall–Kier alpha value is -4.62. The van der Waals surface area contributed by atoms with Crippen molar-refractivity contribution in [3.63, 3.8) is 0 Å². The summed E-state index contributed by atoms with van der Waals surface area (Å²) in [5.41, 5.74) is 13.6. The summed E-state index contributed by atoms with van der Waals surface area (Å²) >= 11 is 0. The summed E-state index contributed by atoms with van der Waals surface area (Å²) in [6, 6.07) is 22.0. The van der Waals surface area contributed by atoms with E-state index < -0.39 is 0 Å². The minimum absolute atomic E-state index is 0.0435. The van der Waals surface area contributed by atoms with E-state index in [4.69, 9.17) is 4.74 Å². The van der Waals surface area contributed by atoms with Gasteiger partial charge < -0.3 is 4.74 Å². The Morgan fingerprint density at radius 2 is 1.57 bits per heavy atom. The van der Waals surface area contributed by atoms with Gasteiger partial charge in [0.25, 0.3) is 0 Å². The van der Waals surface area contributed by atoms with Gasteiger partial charge in [0.1, 0.15) is 11.9 Å². The highest BCUT2D eigenvalue weighted by atomic mass is 16.5. The maximum Gasteiger partial charge on any atom is 0.128 e. The number of ether oxygens (including phenoxy) is 1. The average Bonchev–Trinajstić information content (AvgIpc) is 3.37. The van der Waals surface area contributed by atoms with Gasteiger partial charge in [-0.2, -0.15) is 0 Å². The molecule has 3 aromatic carbocycles. The summed E-state index contributed by atoms with van der Waals surface area (Å²) in [5, 5.41) is 2.56. The molecule has 0 aromatic heterocycles. The van der Waals surface area contributed by atoms with Crippen molar-refractivity contribution in [2.24, 2.45) is 11.8 Å². The van der Waals surface area contributed by atoms with Crippen molar-refractivity contribution >= 4 is 10.8 Å². The average molecular weight is 513 g/mol. The van der Waals surface area contributed by atoms with E-state index in [1.807, 2.05) is 0 Å². The van der Waals surface area contributed by atoms with Gasteiger partial charge in [0.05, 0.1) is 0 Å². The highest BCUT2D eigenvalue weighted by Gasteiger charge is 2.41. The van der Waals surface area contributed by atoms with Crippen LogP contribution in [-0.2, 0) is 0 Å². The van der Waals surface area contributed by atoms with Crippen LogP contribution in [-0.4, -0.2) is 6.10 Å². The van der Waals surface area contributed by atoms with Gasteiger partial charge in [-0.25, -0.2) is 0 Å². The van der Waals surface area contributed by atoms with E-state index in [2.05, 4.69) is 134 Å². The second kappa shape index (κ2) is 8.19. The number of benzene rings is 3. The van der Waals surface area contributed by atoms with Crippen LogP contribution in [0.25, 0.3) is 21.9 Å². The Labute approximate surface area is 234 Å². The second-order valence-electron chi connectivity index (χ2n) is 11.7. The molecule has 190 valence electrons. The number of rotatable bonds is 2. The predicted molar refractivity (Wildman–Crippen MR) is 164 cm³/mol. The fourth-order valence-corrected chi connectivity index (χ4v) is 7.63. The standard InChI is InChI=1S/C39H28O/c1-23-9-10-25-13-18-33-32(17-12-26-11-16-29(23)38(25)39(26)33)28-15-20-37-35(22-28)34-21-27(14-19-36(34)40-37)31-8-4-6-24-5-2-3-7-30(24)31/h2-22,35,37-39H,1H3. The fourth-order valence-electron chi connectivity index (χ4n) is 7.63. The van der Waals surface area contributed by atoms with Crippen molar-refractivity contribution in [2.75, 3.05) is 0 Å². The summed E-state index contributed by atoms with van der Waals surface area (Å²) in [5.74, 6) is 2.01. The molecule has 6 aliphatic rings. The SMILES string of the molecule is CC1=C2C=CC3=CC=C(C4=CC5c6cc(-c7cccc8ccccc78)ccc6OC5C=C4)C4=CC=C(C=C1)C2C34. The minimum atomic E-state index is 0.0435. The van der Waals surface area contributed by atoms with Gasteiger partial charge in [-0.1, -0.05) is 109 Å². The third-order valence-corrected chi connectivity index (χ3v) is 9.59.